The van der Waals surface area contributed by atoms with Gasteiger partial charge in [-0.2, -0.15) is 0 Å². The van der Waals surface area contributed by atoms with Crippen LogP contribution in [-0.2, 0) is 0 Å². The molecule has 0 aliphatic heterocycles. The molecule has 3 nitrogen and oxygen atoms in total. The summed E-state index contributed by atoms with van der Waals surface area (Å²) in [6, 6.07) is 36.2. The van der Waals surface area contributed by atoms with Gasteiger partial charge in [-0.1, -0.05) is 84.9 Å². The summed E-state index contributed by atoms with van der Waals surface area (Å²) in [7, 11) is -1.44. The van der Waals surface area contributed by atoms with E-state index in [1.54, 1.807) is 12.1 Å². The lowest BCUT2D eigenvalue weighted by Gasteiger charge is -2.25. The molecule has 0 aliphatic rings. The van der Waals surface area contributed by atoms with Crippen molar-refractivity contribution in [3.05, 3.63) is 120 Å². The average molecular weight is 391 g/mol. The van der Waals surface area contributed by atoms with Crippen LogP contribution in [0.25, 0.3) is 12.2 Å². The van der Waals surface area contributed by atoms with Gasteiger partial charge in [0.05, 0.1) is 0 Å². The van der Waals surface area contributed by atoms with Crippen LogP contribution in [0, 0.1) is 0 Å². The van der Waals surface area contributed by atoms with Gasteiger partial charge in [-0.25, -0.2) is 0 Å². The second-order valence-corrected chi connectivity index (χ2v) is 6.97. The Balaban J connectivity index is 1.58. The molecule has 4 heteroatoms. The molecule has 0 aromatic heterocycles. The van der Waals surface area contributed by atoms with Crippen LogP contribution in [0.2, 0.25) is 0 Å². The highest BCUT2D eigenvalue weighted by Crippen LogP contribution is 2.34. The van der Waals surface area contributed by atoms with Gasteiger partial charge in [0.1, 0.15) is 0 Å². The Bertz CT molecular complexity index is 1050. The maximum atomic E-state index is 9.19. The summed E-state index contributed by atoms with van der Waals surface area (Å²) in [5.74, 6) is 0. The predicted molar refractivity (Wildman–Crippen MR) is 126 cm³/mol. The van der Waals surface area contributed by atoms with E-state index >= 15 is 0 Å². The monoisotopic (exact) mass is 391 g/mol. The summed E-state index contributed by atoms with van der Waals surface area (Å²) >= 11 is 0. The molecule has 0 aliphatic carbocycles. The normalized spacial score (nSPS) is 10.9. The molecule has 0 spiro atoms. The number of anilines is 3. The Kier molecular flexibility index (Phi) is 6.09. The molecule has 0 saturated heterocycles. The molecule has 0 fully saturated rings. The van der Waals surface area contributed by atoms with E-state index in [1.807, 2.05) is 60.7 Å². The average Bonchev–Trinajstić information content (AvgIpc) is 2.80. The van der Waals surface area contributed by atoms with Gasteiger partial charge < -0.3 is 14.9 Å². The summed E-state index contributed by atoms with van der Waals surface area (Å²) in [6.45, 7) is 0. The van der Waals surface area contributed by atoms with Gasteiger partial charge in [0, 0.05) is 17.1 Å². The lowest BCUT2D eigenvalue weighted by atomic mass is 9.80. The van der Waals surface area contributed by atoms with E-state index in [0.29, 0.717) is 5.46 Å². The lowest BCUT2D eigenvalue weighted by molar-refractivity contribution is 0.426. The van der Waals surface area contributed by atoms with Gasteiger partial charge in [-0.05, 0) is 53.0 Å². The third-order valence-electron chi connectivity index (χ3n) is 4.88. The number of para-hydroxylation sites is 2. The van der Waals surface area contributed by atoms with Crippen LogP contribution in [0.3, 0.4) is 0 Å². The zero-order valence-electron chi connectivity index (χ0n) is 16.5. The molecule has 30 heavy (non-hydrogen) atoms. The van der Waals surface area contributed by atoms with Crippen LogP contribution in [0.5, 0.6) is 0 Å². The van der Waals surface area contributed by atoms with E-state index in [1.165, 1.54) is 0 Å². The summed E-state index contributed by atoms with van der Waals surface area (Å²) in [4.78, 5) is 2.23. The Morgan fingerprint density at radius 3 is 1.33 bits per heavy atom. The molecule has 146 valence electrons. The highest BCUT2D eigenvalue weighted by atomic mass is 16.4. The molecule has 0 heterocycles. The minimum atomic E-state index is -1.44. The van der Waals surface area contributed by atoms with E-state index in [4.69, 9.17) is 0 Å². The van der Waals surface area contributed by atoms with Crippen molar-refractivity contribution in [1.29, 1.82) is 0 Å². The van der Waals surface area contributed by atoms with E-state index in [-0.39, 0.29) is 0 Å². The first-order valence-corrected chi connectivity index (χ1v) is 9.85. The first-order valence-electron chi connectivity index (χ1n) is 9.85. The highest BCUT2D eigenvalue weighted by Gasteiger charge is 2.11. The largest absolute Gasteiger partial charge is 0.488 e. The van der Waals surface area contributed by atoms with Crippen molar-refractivity contribution in [2.24, 2.45) is 0 Å². The fraction of sp³-hybridized carbons (Fsp3) is 0. The van der Waals surface area contributed by atoms with Gasteiger partial charge >= 0.3 is 7.12 Å². The third kappa shape index (κ3) is 4.69. The summed E-state index contributed by atoms with van der Waals surface area (Å²) in [5, 5.41) is 18.4. The third-order valence-corrected chi connectivity index (χ3v) is 4.88. The zero-order valence-corrected chi connectivity index (χ0v) is 16.5. The maximum Gasteiger partial charge on any atom is 0.488 e. The Labute approximate surface area is 177 Å². The van der Waals surface area contributed by atoms with E-state index in [2.05, 4.69) is 53.4 Å². The first-order chi connectivity index (χ1) is 14.7. The van der Waals surface area contributed by atoms with Gasteiger partial charge in [0.25, 0.3) is 0 Å². The SMILES string of the molecule is OB(O)c1ccc(C=Cc2ccc(N(c3ccccc3)c3ccccc3)cc2)cc1. The molecule has 2 N–H and O–H groups in total. The van der Waals surface area contributed by atoms with Crippen LogP contribution in [0.1, 0.15) is 11.1 Å². The van der Waals surface area contributed by atoms with Gasteiger partial charge in [-0.3, -0.25) is 0 Å². The molecule has 0 amide bonds. The number of benzene rings is 4. The Morgan fingerprint density at radius 1 is 0.500 bits per heavy atom. The van der Waals surface area contributed by atoms with Crippen LogP contribution in [0.4, 0.5) is 17.1 Å². The van der Waals surface area contributed by atoms with Crippen molar-refractivity contribution in [3.63, 3.8) is 0 Å². The predicted octanol–water partition coefficient (Wildman–Crippen LogP) is 5.01. The topological polar surface area (TPSA) is 43.7 Å². The highest BCUT2D eigenvalue weighted by molar-refractivity contribution is 6.58. The second-order valence-electron chi connectivity index (χ2n) is 6.97. The molecular weight excluding hydrogens is 369 g/mol. The van der Waals surface area contributed by atoms with Crippen LogP contribution >= 0.6 is 0 Å². The van der Waals surface area contributed by atoms with Crippen molar-refractivity contribution < 1.29 is 10.0 Å². The van der Waals surface area contributed by atoms with Crippen molar-refractivity contribution in [2.75, 3.05) is 4.90 Å². The maximum absolute atomic E-state index is 9.19. The molecule has 0 atom stereocenters. The van der Waals surface area contributed by atoms with Crippen molar-refractivity contribution in [2.45, 2.75) is 0 Å². The van der Waals surface area contributed by atoms with Gasteiger partial charge in [0.15, 0.2) is 0 Å². The molecule has 0 bridgehead atoms. The fourth-order valence-electron chi connectivity index (χ4n) is 3.31. The van der Waals surface area contributed by atoms with E-state index in [0.717, 1.165) is 28.2 Å². The van der Waals surface area contributed by atoms with Crippen LogP contribution in [-0.4, -0.2) is 17.2 Å². The van der Waals surface area contributed by atoms with E-state index in [9.17, 15) is 10.0 Å². The molecule has 4 aromatic rings. The molecule has 0 unspecified atom stereocenters. The first kappa shape index (κ1) is 19.7. The van der Waals surface area contributed by atoms with Crippen LogP contribution in [0.15, 0.2) is 109 Å². The minimum Gasteiger partial charge on any atom is -0.423 e. The summed E-state index contributed by atoms with van der Waals surface area (Å²) < 4.78 is 0. The van der Waals surface area contributed by atoms with Crippen molar-refractivity contribution >= 4 is 41.8 Å². The second kappa shape index (κ2) is 9.27. The molecule has 4 rings (SSSR count). The minimum absolute atomic E-state index is 0.485. The smallest absolute Gasteiger partial charge is 0.423 e. The Hall–Kier alpha value is -3.60. The summed E-state index contributed by atoms with van der Waals surface area (Å²) in [5.41, 5.74) is 5.88. The quantitative estimate of drug-likeness (QED) is 0.359. The van der Waals surface area contributed by atoms with Crippen molar-refractivity contribution in [1.82, 2.24) is 0 Å². The fourth-order valence-corrected chi connectivity index (χ4v) is 3.31. The van der Waals surface area contributed by atoms with Gasteiger partial charge in [0.2, 0.25) is 0 Å². The standard InChI is InChI=1S/C26H22BNO2/c29-27(30)23-17-13-21(14-18-23)11-12-22-15-19-26(20-16-22)28(24-7-3-1-4-8-24)25-9-5-2-6-10-25/h1-20,29-30H. The van der Waals surface area contributed by atoms with Crippen LogP contribution < -0.4 is 10.4 Å². The number of hydrogen-bond acceptors (Lipinski definition) is 3. The molecular formula is C26H22BNO2. The Morgan fingerprint density at radius 2 is 0.900 bits per heavy atom. The summed E-state index contributed by atoms with van der Waals surface area (Å²) in [6.07, 6.45) is 4.05. The van der Waals surface area contributed by atoms with E-state index < -0.39 is 7.12 Å². The number of hydrogen-bond donors (Lipinski definition) is 2. The van der Waals surface area contributed by atoms with Gasteiger partial charge in [-0.15, -0.1) is 0 Å². The lowest BCUT2D eigenvalue weighted by Crippen LogP contribution is -2.29. The number of rotatable bonds is 6. The number of nitrogens with zero attached hydrogens (tertiary/aromatic N) is 1. The molecule has 0 radical (unpaired) electrons. The van der Waals surface area contributed by atoms with Crippen molar-refractivity contribution in [3.8, 4) is 0 Å². The molecule has 4 aromatic carbocycles. The zero-order chi connectivity index (χ0) is 20.8. The molecule has 0 saturated carbocycles.